The number of amides is 1. The summed E-state index contributed by atoms with van der Waals surface area (Å²) >= 11 is 0. The van der Waals surface area contributed by atoms with E-state index >= 15 is 0 Å². The van der Waals surface area contributed by atoms with Crippen LogP contribution >= 0.6 is 0 Å². The van der Waals surface area contributed by atoms with E-state index in [1.807, 2.05) is 26.0 Å². The fourth-order valence-corrected chi connectivity index (χ4v) is 3.95. The van der Waals surface area contributed by atoms with Gasteiger partial charge in [-0.2, -0.15) is 0 Å². The molecular formula is C26H27F2N3O2. The van der Waals surface area contributed by atoms with Crippen molar-refractivity contribution in [2.75, 3.05) is 32.8 Å². The summed E-state index contributed by atoms with van der Waals surface area (Å²) in [6, 6.07) is 12.8. The molecular weight excluding hydrogens is 424 g/mol. The van der Waals surface area contributed by atoms with Gasteiger partial charge in [-0.3, -0.25) is 14.7 Å². The molecule has 0 saturated carbocycles. The van der Waals surface area contributed by atoms with Gasteiger partial charge in [0, 0.05) is 48.6 Å². The Hall–Kier alpha value is -3.16. The molecule has 1 saturated heterocycles. The Labute approximate surface area is 192 Å². The van der Waals surface area contributed by atoms with Gasteiger partial charge < -0.3 is 10.1 Å². The van der Waals surface area contributed by atoms with Crippen LogP contribution in [0, 0.1) is 18.6 Å². The Kier molecular flexibility index (Phi) is 7.11. The smallest absolute Gasteiger partial charge is 0.251 e. The number of nitrogens with one attached hydrogen (secondary N) is 1. The van der Waals surface area contributed by atoms with Gasteiger partial charge in [-0.1, -0.05) is 18.2 Å². The van der Waals surface area contributed by atoms with Crippen molar-refractivity contribution in [3.8, 4) is 22.4 Å². The highest BCUT2D eigenvalue weighted by atomic mass is 19.2. The van der Waals surface area contributed by atoms with Crippen LogP contribution in [0.3, 0.4) is 0 Å². The number of carbonyl (C=O) groups excluding carboxylic acids is 1. The first kappa shape index (κ1) is 23.0. The normalized spacial score (nSPS) is 15.3. The number of hydrogen-bond acceptors (Lipinski definition) is 4. The van der Waals surface area contributed by atoms with Crippen LogP contribution in [0.1, 0.15) is 22.8 Å². The lowest BCUT2D eigenvalue weighted by atomic mass is 9.97. The molecule has 2 aromatic carbocycles. The third kappa shape index (κ3) is 5.61. The molecule has 0 radical (unpaired) electrons. The summed E-state index contributed by atoms with van der Waals surface area (Å²) in [5.41, 5.74) is 3.18. The number of hydrogen-bond donors (Lipinski definition) is 1. The predicted octanol–water partition coefficient (Wildman–Crippen LogP) is 4.45. The molecule has 5 nitrogen and oxygen atoms in total. The van der Waals surface area contributed by atoms with E-state index in [2.05, 4.69) is 15.2 Å². The molecule has 7 heteroatoms. The zero-order valence-electron chi connectivity index (χ0n) is 18.8. The maximum absolute atomic E-state index is 14.6. The molecule has 4 rings (SSSR count). The third-order valence-electron chi connectivity index (χ3n) is 5.68. The molecule has 1 N–H and O–H groups in total. The van der Waals surface area contributed by atoms with Crippen LogP contribution in [0.2, 0.25) is 0 Å². The summed E-state index contributed by atoms with van der Waals surface area (Å²) in [6.45, 7) is 7.63. The van der Waals surface area contributed by atoms with Crippen molar-refractivity contribution in [1.29, 1.82) is 0 Å². The third-order valence-corrected chi connectivity index (χ3v) is 5.68. The molecule has 1 aliphatic rings. The molecule has 33 heavy (non-hydrogen) atoms. The number of rotatable bonds is 6. The number of aromatic nitrogens is 1. The first-order chi connectivity index (χ1) is 15.9. The zero-order chi connectivity index (χ0) is 23.4. The Bertz CT molecular complexity index is 1130. The first-order valence-corrected chi connectivity index (χ1v) is 11.0. The van der Waals surface area contributed by atoms with E-state index in [9.17, 15) is 13.6 Å². The topological polar surface area (TPSA) is 54.5 Å². The number of morpholine rings is 1. The van der Waals surface area contributed by atoms with Crippen LogP contribution in [0.4, 0.5) is 8.78 Å². The van der Waals surface area contributed by atoms with Crippen molar-refractivity contribution in [3.05, 3.63) is 77.5 Å². The van der Waals surface area contributed by atoms with E-state index in [1.54, 1.807) is 24.4 Å². The summed E-state index contributed by atoms with van der Waals surface area (Å²) < 4.78 is 33.9. The first-order valence-electron chi connectivity index (χ1n) is 11.0. The van der Waals surface area contributed by atoms with E-state index in [4.69, 9.17) is 4.74 Å². The average molecular weight is 452 g/mol. The highest BCUT2D eigenvalue weighted by Crippen LogP contribution is 2.30. The van der Waals surface area contributed by atoms with Crippen LogP contribution in [-0.4, -0.2) is 54.7 Å². The molecule has 0 aliphatic carbocycles. The van der Waals surface area contributed by atoms with Gasteiger partial charge in [-0.25, -0.2) is 8.78 Å². The lowest BCUT2D eigenvalue weighted by molar-refractivity contribution is 0.0342. The fourth-order valence-electron chi connectivity index (χ4n) is 3.95. The minimum atomic E-state index is -0.946. The second-order valence-electron chi connectivity index (χ2n) is 8.41. The standard InChI is InChI=1S/C26H27F2N3O2/c1-17-6-7-24(29-15-17)20-12-19(22-4-3-5-23(27)25(22)28)13-21(14-20)26(32)30-18(2)16-31-8-10-33-11-9-31/h3-7,12-15,18H,8-11,16H2,1-2H3,(H,30,32)/t18-/m1/s1. The van der Waals surface area contributed by atoms with Gasteiger partial charge in [0.2, 0.25) is 0 Å². The number of nitrogens with zero attached hydrogens (tertiary/aromatic N) is 2. The summed E-state index contributed by atoms with van der Waals surface area (Å²) in [4.78, 5) is 19.8. The lowest BCUT2D eigenvalue weighted by Gasteiger charge is -2.29. The number of halogens is 2. The monoisotopic (exact) mass is 451 g/mol. The Morgan fingerprint density at radius 1 is 1.12 bits per heavy atom. The van der Waals surface area contributed by atoms with Gasteiger partial charge in [0.1, 0.15) is 0 Å². The molecule has 1 atom stereocenters. The maximum Gasteiger partial charge on any atom is 0.251 e. The van der Waals surface area contributed by atoms with Crippen LogP contribution < -0.4 is 5.32 Å². The van der Waals surface area contributed by atoms with Gasteiger partial charge in [-0.15, -0.1) is 0 Å². The van der Waals surface area contributed by atoms with Gasteiger partial charge >= 0.3 is 0 Å². The van der Waals surface area contributed by atoms with E-state index < -0.39 is 11.6 Å². The number of pyridine rings is 1. The highest BCUT2D eigenvalue weighted by Gasteiger charge is 2.19. The van der Waals surface area contributed by atoms with Crippen molar-refractivity contribution in [1.82, 2.24) is 15.2 Å². The largest absolute Gasteiger partial charge is 0.379 e. The quantitative estimate of drug-likeness (QED) is 0.602. The molecule has 1 amide bonds. The van der Waals surface area contributed by atoms with Gasteiger partial charge in [0.25, 0.3) is 5.91 Å². The van der Waals surface area contributed by atoms with Crippen molar-refractivity contribution in [2.45, 2.75) is 19.9 Å². The summed E-state index contributed by atoms with van der Waals surface area (Å²) in [7, 11) is 0. The van der Waals surface area contributed by atoms with Gasteiger partial charge in [0.15, 0.2) is 11.6 Å². The summed E-state index contributed by atoms with van der Waals surface area (Å²) in [6.07, 6.45) is 1.73. The molecule has 1 aliphatic heterocycles. The Balaban J connectivity index is 1.65. The molecule has 2 heterocycles. The minimum Gasteiger partial charge on any atom is -0.379 e. The van der Waals surface area contributed by atoms with Crippen molar-refractivity contribution in [2.24, 2.45) is 0 Å². The molecule has 0 bridgehead atoms. The van der Waals surface area contributed by atoms with Crippen LogP contribution in [0.25, 0.3) is 22.4 Å². The lowest BCUT2D eigenvalue weighted by Crippen LogP contribution is -2.46. The van der Waals surface area contributed by atoms with Crippen LogP contribution in [0.15, 0.2) is 54.7 Å². The minimum absolute atomic E-state index is 0.0916. The number of benzene rings is 2. The van der Waals surface area contributed by atoms with Crippen molar-refractivity contribution >= 4 is 5.91 Å². The van der Waals surface area contributed by atoms with Gasteiger partial charge in [-0.05, 0) is 55.3 Å². The highest BCUT2D eigenvalue weighted by molar-refractivity contribution is 5.97. The predicted molar refractivity (Wildman–Crippen MR) is 124 cm³/mol. The second kappa shape index (κ2) is 10.2. The second-order valence-corrected chi connectivity index (χ2v) is 8.41. The maximum atomic E-state index is 14.6. The van der Waals surface area contributed by atoms with Gasteiger partial charge in [0.05, 0.1) is 18.9 Å². The van der Waals surface area contributed by atoms with Crippen molar-refractivity contribution < 1.29 is 18.3 Å². The molecule has 1 aromatic heterocycles. The van der Waals surface area contributed by atoms with E-state index in [0.29, 0.717) is 42.1 Å². The summed E-state index contributed by atoms with van der Waals surface area (Å²) in [5.74, 6) is -2.15. The average Bonchev–Trinajstić information content (AvgIpc) is 2.81. The Morgan fingerprint density at radius 3 is 2.61 bits per heavy atom. The van der Waals surface area contributed by atoms with E-state index in [0.717, 1.165) is 24.7 Å². The molecule has 172 valence electrons. The number of ether oxygens (including phenoxy) is 1. The summed E-state index contributed by atoms with van der Waals surface area (Å²) in [5, 5.41) is 3.03. The molecule has 3 aromatic rings. The van der Waals surface area contributed by atoms with E-state index in [-0.39, 0.29) is 17.5 Å². The number of aryl methyl sites for hydroxylation is 1. The Morgan fingerprint density at radius 2 is 1.88 bits per heavy atom. The SMILES string of the molecule is Cc1ccc(-c2cc(C(=O)N[C@H](C)CN3CCOCC3)cc(-c3cccc(F)c3F)c2)nc1. The van der Waals surface area contributed by atoms with Crippen molar-refractivity contribution in [3.63, 3.8) is 0 Å². The molecule has 0 unspecified atom stereocenters. The van der Waals surface area contributed by atoms with Crippen LogP contribution in [-0.2, 0) is 4.74 Å². The number of carbonyl (C=O) groups is 1. The zero-order valence-corrected chi connectivity index (χ0v) is 18.8. The van der Waals surface area contributed by atoms with Crippen LogP contribution in [0.5, 0.6) is 0 Å². The van der Waals surface area contributed by atoms with E-state index in [1.165, 1.54) is 12.1 Å². The molecule has 0 spiro atoms. The fraction of sp³-hybridized carbons (Fsp3) is 0.308. The molecule has 1 fully saturated rings.